The van der Waals surface area contributed by atoms with Gasteiger partial charge in [0.2, 0.25) is 11.8 Å². The molecule has 0 bridgehead atoms. The summed E-state index contributed by atoms with van der Waals surface area (Å²) in [7, 11) is 1.56. The summed E-state index contributed by atoms with van der Waals surface area (Å²) in [6.07, 6.45) is 0.105. The highest BCUT2D eigenvalue weighted by molar-refractivity contribution is 5.96. The van der Waals surface area contributed by atoms with Gasteiger partial charge in [0.1, 0.15) is 18.0 Å². The first-order chi connectivity index (χ1) is 12.1. The lowest BCUT2D eigenvalue weighted by molar-refractivity contribution is -0.129. The van der Waals surface area contributed by atoms with Gasteiger partial charge in [-0.1, -0.05) is 36.4 Å². The highest BCUT2D eigenvalue weighted by Gasteiger charge is 2.10. The summed E-state index contributed by atoms with van der Waals surface area (Å²) in [5.74, 6) is -0.397. The van der Waals surface area contributed by atoms with E-state index in [-0.39, 0.29) is 31.2 Å². The Morgan fingerprint density at radius 2 is 1.60 bits per heavy atom. The molecule has 0 unspecified atom stereocenters. The molecule has 5 nitrogen and oxygen atoms in total. The second-order valence-electron chi connectivity index (χ2n) is 5.46. The fraction of sp³-hybridized carbons (Fsp3) is 0.263. The Labute approximate surface area is 146 Å². The molecule has 6 heteroatoms. The van der Waals surface area contributed by atoms with Crippen LogP contribution in [0.2, 0.25) is 0 Å². The number of amides is 2. The molecule has 132 valence electrons. The molecule has 0 radical (unpaired) electrons. The van der Waals surface area contributed by atoms with Crippen molar-refractivity contribution in [2.24, 2.45) is 0 Å². The van der Waals surface area contributed by atoms with Gasteiger partial charge in [0.15, 0.2) is 0 Å². The van der Waals surface area contributed by atoms with Gasteiger partial charge >= 0.3 is 0 Å². The summed E-state index contributed by atoms with van der Waals surface area (Å²) in [6.45, 7) is 0.560. The molecule has 2 amide bonds. The summed E-state index contributed by atoms with van der Waals surface area (Å²) in [5, 5.41) is 5.30. The summed E-state index contributed by atoms with van der Waals surface area (Å²) in [4.78, 5) is 23.6. The van der Waals surface area contributed by atoms with Crippen LogP contribution >= 0.6 is 0 Å². The third-order valence-electron chi connectivity index (χ3n) is 3.66. The van der Waals surface area contributed by atoms with Gasteiger partial charge in [0, 0.05) is 18.7 Å². The largest absolute Gasteiger partial charge is 0.496 e. The topological polar surface area (TPSA) is 67.4 Å². The Hall–Kier alpha value is -2.89. The van der Waals surface area contributed by atoms with Gasteiger partial charge in [-0.3, -0.25) is 9.59 Å². The van der Waals surface area contributed by atoms with Gasteiger partial charge in [-0.15, -0.1) is 0 Å². The third kappa shape index (κ3) is 5.91. The van der Waals surface area contributed by atoms with Gasteiger partial charge < -0.3 is 15.4 Å². The normalized spacial score (nSPS) is 10.2. The smallest absolute Gasteiger partial charge is 0.229 e. The van der Waals surface area contributed by atoms with Crippen molar-refractivity contribution in [1.82, 2.24) is 10.6 Å². The van der Waals surface area contributed by atoms with E-state index in [0.717, 1.165) is 5.56 Å². The Morgan fingerprint density at radius 1 is 0.960 bits per heavy atom. The highest BCUT2D eigenvalue weighted by atomic mass is 19.1. The molecular weight excluding hydrogens is 323 g/mol. The van der Waals surface area contributed by atoms with Crippen LogP contribution in [0, 0.1) is 5.82 Å². The van der Waals surface area contributed by atoms with E-state index in [1.165, 1.54) is 6.07 Å². The zero-order chi connectivity index (χ0) is 18.1. The van der Waals surface area contributed by atoms with E-state index in [4.69, 9.17) is 4.74 Å². The molecule has 0 heterocycles. The van der Waals surface area contributed by atoms with Crippen molar-refractivity contribution in [2.75, 3.05) is 13.7 Å². The van der Waals surface area contributed by atoms with E-state index in [2.05, 4.69) is 10.6 Å². The Morgan fingerprint density at radius 3 is 2.32 bits per heavy atom. The third-order valence-corrected chi connectivity index (χ3v) is 3.66. The molecule has 0 aromatic heterocycles. The van der Waals surface area contributed by atoms with Gasteiger partial charge in [-0.2, -0.15) is 0 Å². The van der Waals surface area contributed by atoms with Crippen molar-refractivity contribution in [3.8, 4) is 5.75 Å². The first kappa shape index (κ1) is 18.4. The number of methoxy groups -OCH3 is 1. The van der Waals surface area contributed by atoms with Crippen LogP contribution in [0.5, 0.6) is 5.75 Å². The molecule has 0 aliphatic carbocycles. The Kier molecular flexibility index (Phi) is 6.95. The van der Waals surface area contributed by atoms with Crippen LogP contribution in [0.25, 0.3) is 0 Å². The second kappa shape index (κ2) is 9.42. The number of rotatable bonds is 8. The highest BCUT2D eigenvalue weighted by Crippen LogP contribution is 2.16. The fourth-order valence-electron chi connectivity index (χ4n) is 2.35. The van der Waals surface area contributed by atoms with Crippen molar-refractivity contribution in [1.29, 1.82) is 0 Å². The number of carbonyl (C=O) groups excluding carboxylic acids is 2. The average molecular weight is 344 g/mol. The van der Waals surface area contributed by atoms with Gasteiger partial charge in [0.05, 0.1) is 7.11 Å². The number of nitrogens with one attached hydrogen (secondary N) is 2. The summed E-state index contributed by atoms with van der Waals surface area (Å²) < 4.78 is 18.7. The standard InChI is InChI=1S/C19H21FN2O3/c1-25-17-9-5-3-7-15(17)13-22-19(24)12-18(23)21-11-10-14-6-2-4-8-16(14)20/h2-9H,10-13H2,1H3,(H,21,23)(H,22,24). The lowest BCUT2D eigenvalue weighted by atomic mass is 10.1. The molecular formula is C19H21FN2O3. The molecule has 0 aliphatic heterocycles. The minimum Gasteiger partial charge on any atom is -0.496 e. The SMILES string of the molecule is COc1ccccc1CNC(=O)CC(=O)NCCc1ccccc1F. The molecule has 2 aromatic rings. The fourth-order valence-corrected chi connectivity index (χ4v) is 2.35. The first-order valence-corrected chi connectivity index (χ1v) is 7.99. The van der Waals surface area contributed by atoms with Crippen LogP contribution in [-0.4, -0.2) is 25.5 Å². The van der Waals surface area contributed by atoms with Crippen LogP contribution in [-0.2, 0) is 22.6 Å². The quantitative estimate of drug-likeness (QED) is 0.722. The second-order valence-corrected chi connectivity index (χ2v) is 5.46. The van der Waals surface area contributed by atoms with Crippen LogP contribution < -0.4 is 15.4 Å². The van der Waals surface area contributed by atoms with Crippen molar-refractivity contribution in [3.63, 3.8) is 0 Å². The number of halogens is 1. The molecule has 2 aromatic carbocycles. The number of carbonyl (C=O) groups is 2. The minimum absolute atomic E-state index is 0.271. The van der Waals surface area contributed by atoms with E-state index >= 15 is 0 Å². The zero-order valence-corrected chi connectivity index (χ0v) is 14.0. The van der Waals surface area contributed by atoms with Gasteiger partial charge in [-0.05, 0) is 24.1 Å². The maximum Gasteiger partial charge on any atom is 0.229 e. The van der Waals surface area contributed by atoms with Crippen LogP contribution in [0.3, 0.4) is 0 Å². The molecule has 0 spiro atoms. The number of hydrogen-bond acceptors (Lipinski definition) is 3. The Bertz CT molecular complexity index is 734. The number of benzene rings is 2. The maximum atomic E-state index is 13.5. The summed E-state index contributed by atoms with van der Waals surface area (Å²) in [6, 6.07) is 13.7. The van der Waals surface area contributed by atoms with Crippen molar-refractivity contribution in [2.45, 2.75) is 19.4 Å². The summed E-state index contributed by atoms with van der Waals surface area (Å²) in [5.41, 5.74) is 1.36. The molecule has 2 rings (SSSR count). The molecule has 2 N–H and O–H groups in total. The maximum absolute atomic E-state index is 13.5. The molecule has 0 saturated carbocycles. The Balaban J connectivity index is 1.71. The number of ether oxygens (including phenoxy) is 1. The van der Waals surface area contributed by atoms with Crippen LogP contribution in [0.15, 0.2) is 48.5 Å². The molecule has 0 fully saturated rings. The van der Waals surface area contributed by atoms with E-state index in [9.17, 15) is 14.0 Å². The lowest BCUT2D eigenvalue weighted by Gasteiger charge is -2.10. The van der Waals surface area contributed by atoms with Crippen molar-refractivity contribution < 1.29 is 18.7 Å². The van der Waals surface area contributed by atoms with Crippen LogP contribution in [0.1, 0.15) is 17.5 Å². The first-order valence-electron chi connectivity index (χ1n) is 7.99. The van der Waals surface area contributed by atoms with E-state index in [1.807, 2.05) is 18.2 Å². The molecule has 0 aliphatic rings. The number of para-hydroxylation sites is 1. The molecule has 25 heavy (non-hydrogen) atoms. The van der Waals surface area contributed by atoms with E-state index < -0.39 is 5.91 Å². The molecule has 0 saturated heterocycles. The van der Waals surface area contributed by atoms with Crippen molar-refractivity contribution >= 4 is 11.8 Å². The van der Waals surface area contributed by atoms with E-state index in [1.54, 1.807) is 31.4 Å². The molecule has 0 atom stereocenters. The van der Waals surface area contributed by atoms with Crippen molar-refractivity contribution in [3.05, 3.63) is 65.5 Å². The zero-order valence-electron chi connectivity index (χ0n) is 14.0. The monoisotopic (exact) mass is 344 g/mol. The summed E-state index contributed by atoms with van der Waals surface area (Å²) >= 11 is 0. The average Bonchev–Trinajstić information content (AvgIpc) is 2.61. The van der Waals surface area contributed by atoms with Gasteiger partial charge in [0.25, 0.3) is 0 Å². The number of hydrogen-bond donors (Lipinski definition) is 2. The van der Waals surface area contributed by atoms with Crippen LogP contribution in [0.4, 0.5) is 4.39 Å². The predicted molar refractivity (Wildman–Crippen MR) is 92.6 cm³/mol. The predicted octanol–water partition coefficient (Wildman–Crippen LogP) is 2.20. The van der Waals surface area contributed by atoms with Gasteiger partial charge in [-0.25, -0.2) is 4.39 Å². The minimum atomic E-state index is -0.395. The van der Waals surface area contributed by atoms with E-state index in [0.29, 0.717) is 17.7 Å². The lowest BCUT2D eigenvalue weighted by Crippen LogP contribution is -2.32.